The van der Waals surface area contributed by atoms with Gasteiger partial charge in [-0.05, 0) is 24.1 Å². The molecule has 0 radical (unpaired) electrons. The molecule has 0 fully saturated rings. The molecule has 0 heterocycles. The lowest BCUT2D eigenvalue weighted by Gasteiger charge is -2.15. The summed E-state index contributed by atoms with van der Waals surface area (Å²) >= 11 is 0. The monoisotopic (exact) mass is 267 g/mol. The van der Waals surface area contributed by atoms with Gasteiger partial charge in [-0.3, -0.25) is 4.79 Å². The second kappa shape index (κ2) is 7.63. The van der Waals surface area contributed by atoms with Gasteiger partial charge in [-0.2, -0.15) is 0 Å². The number of hydrogen-bond donors (Lipinski definition) is 1. The smallest absolute Gasteiger partial charge is 0.222 e. The van der Waals surface area contributed by atoms with Crippen LogP contribution < -0.4 is 9.47 Å². The number of aliphatic hydroxyl groups is 1. The molecule has 0 aliphatic heterocycles. The number of aliphatic hydroxyl groups excluding tert-OH is 1. The van der Waals surface area contributed by atoms with Crippen LogP contribution in [-0.2, 0) is 11.2 Å². The second-order valence-corrected chi connectivity index (χ2v) is 4.23. The molecular formula is C14H21NO4. The number of methoxy groups -OCH3 is 2. The maximum absolute atomic E-state index is 11.7. The van der Waals surface area contributed by atoms with Crippen molar-refractivity contribution in [3.8, 4) is 11.5 Å². The number of ether oxygens (including phenoxy) is 2. The van der Waals surface area contributed by atoms with E-state index in [9.17, 15) is 4.79 Å². The number of aryl methyl sites for hydroxylation is 1. The van der Waals surface area contributed by atoms with Crippen LogP contribution in [0.5, 0.6) is 11.5 Å². The molecule has 0 saturated heterocycles. The molecule has 1 aromatic rings. The van der Waals surface area contributed by atoms with Crippen LogP contribution >= 0.6 is 0 Å². The molecular weight excluding hydrogens is 246 g/mol. The van der Waals surface area contributed by atoms with Crippen molar-refractivity contribution in [2.75, 3.05) is 34.4 Å². The zero-order valence-electron chi connectivity index (χ0n) is 11.7. The summed E-state index contributed by atoms with van der Waals surface area (Å²) in [5, 5.41) is 8.77. The number of carbonyl (C=O) groups is 1. The summed E-state index contributed by atoms with van der Waals surface area (Å²) in [6, 6.07) is 5.62. The van der Waals surface area contributed by atoms with E-state index in [1.54, 1.807) is 21.3 Å². The van der Waals surface area contributed by atoms with Crippen LogP contribution in [0.3, 0.4) is 0 Å². The van der Waals surface area contributed by atoms with Crippen LogP contribution in [0.2, 0.25) is 0 Å². The van der Waals surface area contributed by atoms with Gasteiger partial charge in [0.15, 0.2) is 11.5 Å². The molecule has 0 unspecified atom stereocenters. The van der Waals surface area contributed by atoms with Gasteiger partial charge in [0.2, 0.25) is 5.91 Å². The zero-order chi connectivity index (χ0) is 14.3. The molecule has 1 rings (SSSR count). The SMILES string of the molecule is COc1ccc(CCC(=O)N(C)CCO)cc1OC. The minimum absolute atomic E-state index is 0.0153. The lowest BCUT2D eigenvalue weighted by atomic mass is 10.1. The highest BCUT2D eigenvalue weighted by molar-refractivity contribution is 5.76. The highest BCUT2D eigenvalue weighted by Crippen LogP contribution is 2.27. The number of carbonyl (C=O) groups excluding carboxylic acids is 1. The summed E-state index contributed by atoms with van der Waals surface area (Å²) in [6.07, 6.45) is 1.04. The van der Waals surface area contributed by atoms with E-state index >= 15 is 0 Å². The highest BCUT2D eigenvalue weighted by atomic mass is 16.5. The van der Waals surface area contributed by atoms with E-state index in [-0.39, 0.29) is 12.5 Å². The minimum Gasteiger partial charge on any atom is -0.493 e. The zero-order valence-corrected chi connectivity index (χ0v) is 11.7. The second-order valence-electron chi connectivity index (χ2n) is 4.23. The summed E-state index contributed by atoms with van der Waals surface area (Å²) in [5.74, 6) is 1.36. The number of nitrogens with zero attached hydrogens (tertiary/aromatic N) is 1. The Kier molecular flexibility index (Phi) is 6.15. The molecule has 5 heteroatoms. The Hall–Kier alpha value is -1.75. The van der Waals surface area contributed by atoms with Gasteiger partial charge in [-0.25, -0.2) is 0 Å². The largest absolute Gasteiger partial charge is 0.493 e. The van der Waals surface area contributed by atoms with E-state index in [0.29, 0.717) is 30.9 Å². The molecule has 1 aromatic carbocycles. The fraction of sp³-hybridized carbons (Fsp3) is 0.500. The van der Waals surface area contributed by atoms with Crippen molar-refractivity contribution in [3.05, 3.63) is 23.8 Å². The fourth-order valence-corrected chi connectivity index (χ4v) is 1.75. The quantitative estimate of drug-likeness (QED) is 0.803. The minimum atomic E-state index is -0.0153. The predicted octanol–water partition coefficient (Wildman–Crippen LogP) is 1.09. The number of likely N-dealkylation sites (N-methyl/N-ethyl adjacent to an activating group) is 1. The molecule has 0 aliphatic carbocycles. The third-order valence-corrected chi connectivity index (χ3v) is 2.94. The van der Waals surface area contributed by atoms with Crippen molar-refractivity contribution in [1.82, 2.24) is 4.90 Å². The third-order valence-electron chi connectivity index (χ3n) is 2.94. The third kappa shape index (κ3) is 4.44. The van der Waals surface area contributed by atoms with Crippen LogP contribution in [0.25, 0.3) is 0 Å². The van der Waals surface area contributed by atoms with E-state index in [2.05, 4.69) is 0 Å². The van der Waals surface area contributed by atoms with E-state index < -0.39 is 0 Å². The van der Waals surface area contributed by atoms with Crippen molar-refractivity contribution in [3.63, 3.8) is 0 Å². The highest BCUT2D eigenvalue weighted by Gasteiger charge is 2.09. The Morgan fingerprint density at radius 3 is 2.53 bits per heavy atom. The maximum Gasteiger partial charge on any atom is 0.222 e. The number of benzene rings is 1. The van der Waals surface area contributed by atoms with Gasteiger partial charge in [0.05, 0.1) is 20.8 Å². The van der Waals surface area contributed by atoms with Gasteiger partial charge in [0, 0.05) is 20.0 Å². The van der Waals surface area contributed by atoms with Crippen LogP contribution in [0.1, 0.15) is 12.0 Å². The average molecular weight is 267 g/mol. The molecule has 1 N–H and O–H groups in total. The molecule has 0 bridgehead atoms. The Morgan fingerprint density at radius 2 is 1.95 bits per heavy atom. The Balaban J connectivity index is 2.60. The first-order chi connectivity index (χ1) is 9.12. The number of hydrogen-bond acceptors (Lipinski definition) is 4. The molecule has 106 valence electrons. The lowest BCUT2D eigenvalue weighted by molar-refractivity contribution is -0.130. The van der Waals surface area contributed by atoms with Crippen LogP contribution in [0.15, 0.2) is 18.2 Å². The summed E-state index contributed by atoms with van der Waals surface area (Å²) in [7, 11) is 4.86. The first kappa shape index (κ1) is 15.3. The van der Waals surface area contributed by atoms with Gasteiger partial charge >= 0.3 is 0 Å². The Bertz CT molecular complexity index is 420. The first-order valence-corrected chi connectivity index (χ1v) is 6.18. The summed E-state index contributed by atoms with van der Waals surface area (Å²) < 4.78 is 10.4. The van der Waals surface area contributed by atoms with Crippen molar-refractivity contribution in [1.29, 1.82) is 0 Å². The molecule has 0 aliphatic rings. The topological polar surface area (TPSA) is 59.0 Å². The number of amides is 1. The fourth-order valence-electron chi connectivity index (χ4n) is 1.75. The molecule has 1 amide bonds. The van der Waals surface area contributed by atoms with Gasteiger partial charge in [-0.1, -0.05) is 6.07 Å². The average Bonchev–Trinajstić information content (AvgIpc) is 2.44. The molecule has 5 nitrogen and oxygen atoms in total. The standard InChI is InChI=1S/C14H21NO4/c1-15(8-9-16)14(17)7-5-11-4-6-12(18-2)13(10-11)19-3/h4,6,10,16H,5,7-9H2,1-3H3. The van der Waals surface area contributed by atoms with Gasteiger partial charge in [0.25, 0.3) is 0 Å². The lowest BCUT2D eigenvalue weighted by Crippen LogP contribution is -2.29. The molecule has 0 spiro atoms. The van der Waals surface area contributed by atoms with Crippen LogP contribution in [0, 0.1) is 0 Å². The van der Waals surface area contributed by atoms with Gasteiger partial charge in [-0.15, -0.1) is 0 Å². The summed E-state index contributed by atoms with van der Waals surface area (Å²) in [5.41, 5.74) is 1.02. The summed E-state index contributed by atoms with van der Waals surface area (Å²) in [4.78, 5) is 13.3. The predicted molar refractivity (Wildman–Crippen MR) is 72.6 cm³/mol. The normalized spacial score (nSPS) is 10.1. The molecule has 0 aromatic heterocycles. The van der Waals surface area contributed by atoms with E-state index in [1.807, 2.05) is 18.2 Å². The van der Waals surface area contributed by atoms with E-state index in [0.717, 1.165) is 5.56 Å². The van der Waals surface area contributed by atoms with Crippen LogP contribution in [-0.4, -0.2) is 50.3 Å². The Labute approximate surface area is 113 Å². The van der Waals surface area contributed by atoms with Crippen molar-refractivity contribution >= 4 is 5.91 Å². The van der Waals surface area contributed by atoms with Crippen molar-refractivity contribution in [2.24, 2.45) is 0 Å². The molecule has 19 heavy (non-hydrogen) atoms. The molecule has 0 saturated carbocycles. The number of rotatable bonds is 7. The molecule has 0 atom stereocenters. The van der Waals surface area contributed by atoms with Crippen molar-refractivity contribution in [2.45, 2.75) is 12.8 Å². The Morgan fingerprint density at radius 1 is 1.26 bits per heavy atom. The van der Waals surface area contributed by atoms with Gasteiger partial charge in [0.1, 0.15) is 0 Å². The van der Waals surface area contributed by atoms with E-state index in [1.165, 1.54) is 4.90 Å². The first-order valence-electron chi connectivity index (χ1n) is 6.18. The van der Waals surface area contributed by atoms with Crippen molar-refractivity contribution < 1.29 is 19.4 Å². The van der Waals surface area contributed by atoms with E-state index in [4.69, 9.17) is 14.6 Å². The maximum atomic E-state index is 11.7. The van der Waals surface area contributed by atoms with Crippen LogP contribution in [0.4, 0.5) is 0 Å². The van der Waals surface area contributed by atoms with Gasteiger partial charge < -0.3 is 19.5 Å². The summed E-state index contributed by atoms with van der Waals surface area (Å²) in [6.45, 7) is 0.351.